The Labute approximate surface area is 89.0 Å². The number of hydrogen-bond acceptors (Lipinski definition) is 3. The van der Waals surface area contributed by atoms with Gasteiger partial charge in [0.2, 0.25) is 0 Å². The highest BCUT2D eigenvalue weighted by Gasteiger charge is 2.09. The lowest BCUT2D eigenvalue weighted by atomic mass is 10.4. The third kappa shape index (κ3) is 6.35. The third-order valence-corrected chi connectivity index (χ3v) is 2.44. The molecule has 1 rings (SSSR count). The van der Waals surface area contributed by atoms with Gasteiger partial charge in [-0.3, -0.25) is 4.90 Å². The van der Waals surface area contributed by atoms with E-state index in [1.54, 1.807) is 0 Å². The first kappa shape index (κ1) is 13.9. The molecule has 0 aromatic carbocycles. The first-order valence-electron chi connectivity index (χ1n) is 5.81. The molecule has 1 fully saturated rings. The summed E-state index contributed by atoms with van der Waals surface area (Å²) in [5, 5.41) is 0. The van der Waals surface area contributed by atoms with E-state index in [9.17, 15) is 0 Å². The fourth-order valence-corrected chi connectivity index (χ4v) is 1.30. The van der Waals surface area contributed by atoms with Crippen LogP contribution in [0.25, 0.3) is 0 Å². The van der Waals surface area contributed by atoms with Gasteiger partial charge in [-0.2, -0.15) is 0 Å². The van der Waals surface area contributed by atoms with Crippen LogP contribution in [-0.2, 0) is 4.74 Å². The Morgan fingerprint density at radius 3 is 2.29 bits per heavy atom. The Morgan fingerprint density at radius 2 is 1.79 bits per heavy atom. The van der Waals surface area contributed by atoms with Gasteiger partial charge in [0.1, 0.15) is 0 Å². The topological polar surface area (TPSA) is 15.7 Å². The molecule has 3 nitrogen and oxygen atoms in total. The summed E-state index contributed by atoms with van der Waals surface area (Å²) in [4.78, 5) is 4.81. The highest BCUT2D eigenvalue weighted by Crippen LogP contribution is 1.96. The summed E-state index contributed by atoms with van der Waals surface area (Å²) < 4.78 is 5.28. The molecule has 3 heteroatoms. The lowest BCUT2D eigenvalue weighted by Crippen LogP contribution is -2.40. The van der Waals surface area contributed by atoms with E-state index < -0.39 is 0 Å². The molecular formula is C11H26N2O. The summed E-state index contributed by atoms with van der Waals surface area (Å²) >= 11 is 0. The van der Waals surface area contributed by atoms with Gasteiger partial charge in [0.25, 0.3) is 0 Å². The van der Waals surface area contributed by atoms with Crippen molar-refractivity contribution in [3.63, 3.8) is 0 Å². The Balaban J connectivity index is 0.000000791. The Kier molecular flexibility index (Phi) is 9.35. The maximum Gasteiger partial charge on any atom is 0.0594 e. The van der Waals surface area contributed by atoms with Gasteiger partial charge in [-0.15, -0.1) is 0 Å². The summed E-state index contributed by atoms with van der Waals surface area (Å²) in [6, 6.07) is 0. The van der Waals surface area contributed by atoms with E-state index >= 15 is 0 Å². The second-order valence-corrected chi connectivity index (χ2v) is 3.35. The molecule has 1 aliphatic rings. The number of rotatable bonds is 4. The van der Waals surface area contributed by atoms with Gasteiger partial charge in [-0.05, 0) is 13.6 Å². The standard InChI is InChI=1S/C9H20N2O.C2H6/c1-3-10(2)4-5-11-6-8-12-9-7-11;1-2/h3-9H2,1-2H3;1-2H3. The largest absolute Gasteiger partial charge is 0.379 e. The Bertz CT molecular complexity index is 114. The van der Waals surface area contributed by atoms with Gasteiger partial charge in [0.05, 0.1) is 13.2 Å². The van der Waals surface area contributed by atoms with E-state index in [2.05, 4.69) is 23.8 Å². The number of ether oxygens (including phenoxy) is 1. The average Bonchev–Trinajstić information content (AvgIpc) is 2.30. The second kappa shape index (κ2) is 9.44. The molecular weight excluding hydrogens is 176 g/mol. The zero-order valence-electron chi connectivity index (χ0n) is 10.3. The monoisotopic (exact) mass is 202 g/mol. The molecule has 0 radical (unpaired) electrons. The molecule has 1 saturated heterocycles. The van der Waals surface area contributed by atoms with Crippen molar-refractivity contribution in [2.45, 2.75) is 20.8 Å². The molecule has 86 valence electrons. The van der Waals surface area contributed by atoms with E-state index in [-0.39, 0.29) is 0 Å². The van der Waals surface area contributed by atoms with Crippen molar-refractivity contribution in [3.05, 3.63) is 0 Å². The van der Waals surface area contributed by atoms with Crippen LogP contribution in [0.4, 0.5) is 0 Å². The van der Waals surface area contributed by atoms with E-state index in [4.69, 9.17) is 4.74 Å². The predicted molar refractivity (Wildman–Crippen MR) is 61.8 cm³/mol. The zero-order chi connectivity index (χ0) is 10.8. The smallest absolute Gasteiger partial charge is 0.0594 e. The van der Waals surface area contributed by atoms with Gasteiger partial charge >= 0.3 is 0 Å². The summed E-state index contributed by atoms with van der Waals surface area (Å²) in [6.07, 6.45) is 0. The summed E-state index contributed by atoms with van der Waals surface area (Å²) in [5.74, 6) is 0. The number of likely N-dealkylation sites (N-methyl/N-ethyl adjacent to an activating group) is 1. The number of hydrogen-bond donors (Lipinski definition) is 0. The van der Waals surface area contributed by atoms with Gasteiger partial charge in [0, 0.05) is 26.2 Å². The fourth-order valence-electron chi connectivity index (χ4n) is 1.30. The molecule has 0 amide bonds. The van der Waals surface area contributed by atoms with Crippen LogP contribution in [0.15, 0.2) is 0 Å². The van der Waals surface area contributed by atoms with Gasteiger partial charge in [-0.25, -0.2) is 0 Å². The maximum atomic E-state index is 5.28. The van der Waals surface area contributed by atoms with Crippen LogP contribution in [0.1, 0.15) is 20.8 Å². The molecule has 0 N–H and O–H groups in total. The molecule has 0 aromatic rings. The fraction of sp³-hybridized carbons (Fsp3) is 1.00. The van der Waals surface area contributed by atoms with Crippen molar-refractivity contribution in [2.24, 2.45) is 0 Å². The summed E-state index contributed by atoms with van der Waals surface area (Å²) in [6.45, 7) is 13.7. The third-order valence-electron chi connectivity index (χ3n) is 2.44. The highest BCUT2D eigenvalue weighted by atomic mass is 16.5. The van der Waals surface area contributed by atoms with Crippen molar-refractivity contribution in [2.75, 3.05) is 53.0 Å². The van der Waals surface area contributed by atoms with Crippen LogP contribution in [0.5, 0.6) is 0 Å². The molecule has 1 aliphatic heterocycles. The molecule has 0 atom stereocenters. The quantitative estimate of drug-likeness (QED) is 0.683. The van der Waals surface area contributed by atoms with Gasteiger partial charge < -0.3 is 9.64 Å². The van der Waals surface area contributed by atoms with Crippen LogP contribution in [0.3, 0.4) is 0 Å². The van der Waals surface area contributed by atoms with Gasteiger partial charge in [0.15, 0.2) is 0 Å². The summed E-state index contributed by atoms with van der Waals surface area (Å²) in [5.41, 5.74) is 0. The normalized spacial score (nSPS) is 17.8. The molecule has 0 spiro atoms. The molecule has 0 unspecified atom stereocenters. The van der Waals surface area contributed by atoms with Crippen LogP contribution >= 0.6 is 0 Å². The van der Waals surface area contributed by atoms with Crippen molar-refractivity contribution in [1.29, 1.82) is 0 Å². The van der Waals surface area contributed by atoms with Crippen LogP contribution < -0.4 is 0 Å². The highest BCUT2D eigenvalue weighted by molar-refractivity contribution is 4.63. The minimum absolute atomic E-state index is 0.913. The molecule has 0 aliphatic carbocycles. The first-order chi connectivity index (χ1) is 6.83. The molecule has 0 saturated carbocycles. The van der Waals surface area contributed by atoms with Crippen molar-refractivity contribution in [1.82, 2.24) is 9.80 Å². The van der Waals surface area contributed by atoms with E-state index in [0.29, 0.717) is 0 Å². The van der Waals surface area contributed by atoms with Crippen molar-refractivity contribution < 1.29 is 4.74 Å². The Morgan fingerprint density at radius 1 is 1.21 bits per heavy atom. The van der Waals surface area contributed by atoms with Crippen molar-refractivity contribution in [3.8, 4) is 0 Å². The first-order valence-corrected chi connectivity index (χ1v) is 5.81. The Hall–Kier alpha value is -0.120. The second-order valence-electron chi connectivity index (χ2n) is 3.35. The molecule has 14 heavy (non-hydrogen) atoms. The van der Waals surface area contributed by atoms with Crippen molar-refractivity contribution >= 4 is 0 Å². The SMILES string of the molecule is CC.CCN(C)CCN1CCOCC1. The number of nitrogens with zero attached hydrogens (tertiary/aromatic N) is 2. The minimum Gasteiger partial charge on any atom is -0.379 e. The minimum atomic E-state index is 0.913. The van der Waals surface area contributed by atoms with E-state index in [0.717, 1.165) is 32.8 Å². The summed E-state index contributed by atoms with van der Waals surface area (Å²) in [7, 11) is 2.17. The van der Waals surface area contributed by atoms with E-state index in [1.807, 2.05) is 13.8 Å². The zero-order valence-corrected chi connectivity index (χ0v) is 10.3. The molecule has 0 bridgehead atoms. The van der Waals surface area contributed by atoms with Crippen LogP contribution in [0, 0.1) is 0 Å². The van der Waals surface area contributed by atoms with Crippen LogP contribution in [-0.4, -0.2) is 62.8 Å². The lowest BCUT2D eigenvalue weighted by Gasteiger charge is -2.28. The maximum absolute atomic E-state index is 5.28. The predicted octanol–water partition coefficient (Wildman–Crippen LogP) is 1.30. The molecule has 0 aromatic heterocycles. The van der Waals surface area contributed by atoms with Gasteiger partial charge in [-0.1, -0.05) is 20.8 Å². The average molecular weight is 202 g/mol. The molecule has 1 heterocycles. The van der Waals surface area contributed by atoms with Crippen LogP contribution in [0.2, 0.25) is 0 Å². The number of morpholine rings is 1. The lowest BCUT2D eigenvalue weighted by molar-refractivity contribution is 0.0347. The van der Waals surface area contributed by atoms with E-state index in [1.165, 1.54) is 13.1 Å².